The van der Waals surface area contributed by atoms with E-state index in [1.165, 1.54) is 32.4 Å². The zero-order chi connectivity index (χ0) is 9.15. The zero-order valence-electron chi connectivity index (χ0n) is 8.26. The van der Waals surface area contributed by atoms with Gasteiger partial charge in [-0.2, -0.15) is 0 Å². The van der Waals surface area contributed by atoms with E-state index in [2.05, 4.69) is 10.2 Å². The summed E-state index contributed by atoms with van der Waals surface area (Å²) in [5.41, 5.74) is 0.0321. The van der Waals surface area contributed by atoms with Crippen molar-refractivity contribution in [2.75, 3.05) is 32.8 Å². The Balaban J connectivity index is 1.88. The predicted molar refractivity (Wildman–Crippen MR) is 52.7 cm³/mol. The summed E-state index contributed by atoms with van der Waals surface area (Å²) in [6, 6.07) is 0. The van der Waals surface area contributed by atoms with Crippen LogP contribution in [0.5, 0.6) is 0 Å². The second kappa shape index (κ2) is 3.95. The molecule has 0 radical (unpaired) electrons. The lowest BCUT2D eigenvalue weighted by molar-refractivity contribution is 0.134. The predicted octanol–water partition coefficient (Wildman–Crippen LogP) is 0.197. The summed E-state index contributed by atoms with van der Waals surface area (Å²) in [5.74, 6) is 0. The van der Waals surface area contributed by atoms with Crippen LogP contribution in [0.15, 0.2) is 0 Å². The number of nitrogens with zero attached hydrogens (tertiary/aromatic N) is 1. The molecule has 2 aliphatic rings. The molecule has 0 aromatic carbocycles. The van der Waals surface area contributed by atoms with E-state index >= 15 is 0 Å². The van der Waals surface area contributed by atoms with Gasteiger partial charge in [-0.1, -0.05) is 0 Å². The standard InChI is InChI=1S/C10H20N2O/c13-9-10(4-3-5-11-10)8-12-6-1-2-7-12/h11,13H,1-9H2. The van der Waals surface area contributed by atoms with E-state index in [4.69, 9.17) is 0 Å². The lowest BCUT2D eigenvalue weighted by Gasteiger charge is -2.31. The van der Waals surface area contributed by atoms with Crippen LogP contribution in [0, 0.1) is 0 Å². The summed E-state index contributed by atoms with van der Waals surface area (Å²) in [7, 11) is 0. The molecule has 2 saturated heterocycles. The fourth-order valence-electron chi connectivity index (χ4n) is 2.56. The molecular formula is C10H20N2O. The summed E-state index contributed by atoms with van der Waals surface area (Å²) >= 11 is 0. The molecule has 2 heterocycles. The Morgan fingerprint density at radius 2 is 2.00 bits per heavy atom. The summed E-state index contributed by atoms with van der Waals surface area (Å²) in [4.78, 5) is 2.48. The van der Waals surface area contributed by atoms with Gasteiger partial charge in [-0.05, 0) is 45.3 Å². The molecule has 0 amide bonds. The average molecular weight is 184 g/mol. The molecule has 13 heavy (non-hydrogen) atoms. The van der Waals surface area contributed by atoms with Crippen molar-refractivity contribution in [2.45, 2.75) is 31.2 Å². The highest BCUT2D eigenvalue weighted by molar-refractivity contribution is 4.95. The number of aliphatic hydroxyl groups is 1. The van der Waals surface area contributed by atoms with Crippen LogP contribution < -0.4 is 5.32 Å². The van der Waals surface area contributed by atoms with E-state index in [-0.39, 0.29) is 5.54 Å². The van der Waals surface area contributed by atoms with Crippen LogP contribution >= 0.6 is 0 Å². The molecule has 0 spiro atoms. The molecule has 2 N–H and O–H groups in total. The van der Waals surface area contributed by atoms with E-state index in [9.17, 15) is 5.11 Å². The summed E-state index contributed by atoms with van der Waals surface area (Å²) in [5, 5.41) is 12.8. The molecule has 2 rings (SSSR count). The van der Waals surface area contributed by atoms with Crippen LogP contribution in [0.2, 0.25) is 0 Å². The van der Waals surface area contributed by atoms with Crippen molar-refractivity contribution in [3.05, 3.63) is 0 Å². The fraction of sp³-hybridized carbons (Fsp3) is 1.00. The molecule has 0 aliphatic carbocycles. The number of aliphatic hydroxyl groups excluding tert-OH is 1. The van der Waals surface area contributed by atoms with Crippen LogP contribution in [0.4, 0.5) is 0 Å². The molecule has 1 atom stereocenters. The monoisotopic (exact) mass is 184 g/mol. The van der Waals surface area contributed by atoms with Gasteiger partial charge >= 0.3 is 0 Å². The molecule has 3 heteroatoms. The molecule has 0 saturated carbocycles. The van der Waals surface area contributed by atoms with Gasteiger partial charge < -0.3 is 15.3 Å². The number of hydrogen-bond donors (Lipinski definition) is 2. The summed E-state index contributed by atoms with van der Waals surface area (Å²) in [6.45, 7) is 4.87. The molecule has 1 unspecified atom stereocenters. The minimum Gasteiger partial charge on any atom is -0.394 e. The second-order valence-electron chi connectivity index (χ2n) is 4.45. The maximum Gasteiger partial charge on any atom is 0.0625 e. The molecule has 3 nitrogen and oxygen atoms in total. The highest BCUT2D eigenvalue weighted by Gasteiger charge is 2.34. The van der Waals surface area contributed by atoms with Gasteiger partial charge in [0.05, 0.1) is 12.1 Å². The Kier molecular flexibility index (Phi) is 2.86. The van der Waals surface area contributed by atoms with Gasteiger partial charge in [0.25, 0.3) is 0 Å². The summed E-state index contributed by atoms with van der Waals surface area (Å²) < 4.78 is 0. The normalized spacial score (nSPS) is 35.8. The van der Waals surface area contributed by atoms with Crippen molar-refractivity contribution in [3.63, 3.8) is 0 Å². The summed E-state index contributed by atoms with van der Waals surface area (Å²) in [6.07, 6.45) is 5.03. The first-order chi connectivity index (χ1) is 6.35. The van der Waals surface area contributed by atoms with Gasteiger partial charge in [0, 0.05) is 6.54 Å². The molecule has 2 aliphatic heterocycles. The Morgan fingerprint density at radius 1 is 1.23 bits per heavy atom. The second-order valence-corrected chi connectivity index (χ2v) is 4.45. The van der Waals surface area contributed by atoms with Crippen LogP contribution in [0.3, 0.4) is 0 Å². The average Bonchev–Trinajstić information content (AvgIpc) is 2.77. The van der Waals surface area contributed by atoms with Crippen LogP contribution in [0.25, 0.3) is 0 Å². The Hall–Kier alpha value is -0.120. The van der Waals surface area contributed by atoms with E-state index in [0.29, 0.717) is 6.61 Å². The lowest BCUT2D eigenvalue weighted by Crippen LogP contribution is -2.52. The third-order valence-corrected chi connectivity index (χ3v) is 3.36. The van der Waals surface area contributed by atoms with Crippen LogP contribution in [-0.2, 0) is 0 Å². The fourth-order valence-corrected chi connectivity index (χ4v) is 2.56. The van der Waals surface area contributed by atoms with Gasteiger partial charge in [0.2, 0.25) is 0 Å². The highest BCUT2D eigenvalue weighted by Crippen LogP contribution is 2.22. The van der Waals surface area contributed by atoms with Gasteiger partial charge in [-0.15, -0.1) is 0 Å². The Labute approximate surface area is 80.1 Å². The first-order valence-corrected chi connectivity index (χ1v) is 5.43. The highest BCUT2D eigenvalue weighted by atomic mass is 16.3. The van der Waals surface area contributed by atoms with Gasteiger partial charge in [0.1, 0.15) is 0 Å². The van der Waals surface area contributed by atoms with E-state index in [1.807, 2.05) is 0 Å². The minimum atomic E-state index is 0.0321. The zero-order valence-corrected chi connectivity index (χ0v) is 8.26. The van der Waals surface area contributed by atoms with Crippen LogP contribution in [0.1, 0.15) is 25.7 Å². The quantitative estimate of drug-likeness (QED) is 0.657. The largest absolute Gasteiger partial charge is 0.394 e. The SMILES string of the molecule is OCC1(CN2CCCC2)CCCN1. The number of nitrogens with one attached hydrogen (secondary N) is 1. The van der Waals surface area contributed by atoms with Crippen molar-refractivity contribution in [2.24, 2.45) is 0 Å². The van der Waals surface area contributed by atoms with Gasteiger partial charge in [-0.3, -0.25) is 0 Å². The van der Waals surface area contributed by atoms with Crippen molar-refractivity contribution < 1.29 is 5.11 Å². The van der Waals surface area contributed by atoms with E-state index < -0.39 is 0 Å². The smallest absolute Gasteiger partial charge is 0.0625 e. The van der Waals surface area contributed by atoms with Crippen LogP contribution in [-0.4, -0.2) is 48.3 Å². The lowest BCUT2D eigenvalue weighted by atomic mass is 9.98. The Morgan fingerprint density at radius 3 is 2.54 bits per heavy atom. The van der Waals surface area contributed by atoms with E-state index in [1.54, 1.807) is 0 Å². The molecule has 0 aromatic rings. The molecule has 2 fully saturated rings. The number of rotatable bonds is 3. The topological polar surface area (TPSA) is 35.5 Å². The maximum atomic E-state index is 9.39. The van der Waals surface area contributed by atoms with Crippen molar-refractivity contribution in [3.8, 4) is 0 Å². The van der Waals surface area contributed by atoms with Crippen molar-refractivity contribution in [1.82, 2.24) is 10.2 Å². The van der Waals surface area contributed by atoms with E-state index in [0.717, 1.165) is 19.5 Å². The third-order valence-electron chi connectivity index (χ3n) is 3.36. The molecule has 0 aromatic heterocycles. The van der Waals surface area contributed by atoms with Crippen molar-refractivity contribution in [1.29, 1.82) is 0 Å². The van der Waals surface area contributed by atoms with Gasteiger partial charge in [-0.25, -0.2) is 0 Å². The number of likely N-dealkylation sites (tertiary alicyclic amines) is 1. The first kappa shape index (κ1) is 9.44. The molecule has 0 bridgehead atoms. The molecular weight excluding hydrogens is 164 g/mol. The number of hydrogen-bond acceptors (Lipinski definition) is 3. The van der Waals surface area contributed by atoms with Crippen molar-refractivity contribution >= 4 is 0 Å². The minimum absolute atomic E-state index is 0.0321. The third kappa shape index (κ3) is 2.03. The first-order valence-electron chi connectivity index (χ1n) is 5.43. The maximum absolute atomic E-state index is 9.39. The van der Waals surface area contributed by atoms with Gasteiger partial charge in [0.15, 0.2) is 0 Å². The molecule has 76 valence electrons. The Bertz CT molecular complexity index is 160.